The Kier molecular flexibility index (Phi) is 3.39. The van der Waals surface area contributed by atoms with Crippen molar-refractivity contribution in [1.29, 1.82) is 0 Å². The lowest BCUT2D eigenvalue weighted by Gasteiger charge is -2.19. The van der Waals surface area contributed by atoms with Crippen molar-refractivity contribution in [2.75, 3.05) is 18.5 Å². The minimum atomic E-state index is 0.388. The first-order valence-corrected chi connectivity index (χ1v) is 5.81. The molecule has 1 saturated heterocycles. The van der Waals surface area contributed by atoms with E-state index in [9.17, 15) is 0 Å². The van der Waals surface area contributed by atoms with Crippen LogP contribution in [-0.2, 0) is 4.74 Å². The highest BCUT2D eigenvalue weighted by atomic mass is 16.5. The third kappa shape index (κ3) is 2.50. The molecule has 1 aliphatic heterocycles. The summed E-state index contributed by atoms with van der Waals surface area (Å²) in [5, 5.41) is 3.40. The second kappa shape index (κ2) is 4.78. The molecule has 16 heavy (non-hydrogen) atoms. The summed E-state index contributed by atoms with van der Waals surface area (Å²) in [6.45, 7) is 7.87. The molecule has 2 heterocycles. The Morgan fingerprint density at radius 1 is 1.44 bits per heavy atom. The molecule has 0 aliphatic carbocycles. The highest BCUT2D eigenvalue weighted by Crippen LogP contribution is 2.19. The minimum absolute atomic E-state index is 0.388. The van der Waals surface area contributed by atoms with Crippen LogP contribution in [0.1, 0.15) is 24.7 Å². The van der Waals surface area contributed by atoms with E-state index in [1.807, 2.05) is 13.8 Å². The van der Waals surface area contributed by atoms with E-state index in [2.05, 4.69) is 22.2 Å². The van der Waals surface area contributed by atoms with Crippen LogP contribution in [0.15, 0.2) is 6.20 Å². The van der Waals surface area contributed by atoms with Gasteiger partial charge < -0.3 is 10.1 Å². The molecule has 2 rings (SSSR count). The molecule has 0 radical (unpaired) electrons. The molecule has 0 saturated carbocycles. The van der Waals surface area contributed by atoms with E-state index in [4.69, 9.17) is 4.74 Å². The second-order valence-electron chi connectivity index (χ2n) is 4.48. The molecule has 1 aromatic heterocycles. The van der Waals surface area contributed by atoms with Gasteiger partial charge in [0, 0.05) is 18.6 Å². The van der Waals surface area contributed by atoms with Crippen molar-refractivity contribution in [2.45, 2.75) is 33.2 Å². The van der Waals surface area contributed by atoms with Gasteiger partial charge in [-0.25, -0.2) is 4.98 Å². The summed E-state index contributed by atoms with van der Waals surface area (Å²) >= 11 is 0. The molecule has 0 bridgehead atoms. The van der Waals surface area contributed by atoms with E-state index in [0.717, 1.165) is 36.8 Å². The van der Waals surface area contributed by atoms with Crippen LogP contribution in [0, 0.1) is 19.8 Å². The zero-order valence-corrected chi connectivity index (χ0v) is 10.2. The van der Waals surface area contributed by atoms with Crippen molar-refractivity contribution in [1.82, 2.24) is 9.97 Å². The third-order valence-electron chi connectivity index (χ3n) is 3.24. The molecule has 1 aromatic rings. The highest BCUT2D eigenvalue weighted by Gasteiger charge is 2.22. The van der Waals surface area contributed by atoms with Crippen LogP contribution in [0.2, 0.25) is 0 Å². The number of rotatable bonds is 3. The van der Waals surface area contributed by atoms with E-state index >= 15 is 0 Å². The first-order valence-electron chi connectivity index (χ1n) is 5.81. The number of hydrogen-bond donors (Lipinski definition) is 1. The topological polar surface area (TPSA) is 47.0 Å². The lowest BCUT2D eigenvalue weighted by molar-refractivity contribution is 0.183. The summed E-state index contributed by atoms with van der Waals surface area (Å²) in [5.74, 6) is 1.45. The molecular formula is C12H19N3O. The van der Waals surface area contributed by atoms with Crippen LogP contribution < -0.4 is 5.32 Å². The lowest BCUT2D eigenvalue weighted by atomic mass is 10.0. The SMILES string of the molecule is Cc1ncc(NC(C)C2CCOC2)nc1C. The van der Waals surface area contributed by atoms with Gasteiger partial charge in [-0.15, -0.1) is 0 Å². The smallest absolute Gasteiger partial charge is 0.145 e. The molecule has 0 spiro atoms. The Labute approximate surface area is 96.4 Å². The van der Waals surface area contributed by atoms with Crippen LogP contribution in [0.25, 0.3) is 0 Å². The first-order chi connectivity index (χ1) is 7.66. The number of nitrogens with one attached hydrogen (secondary N) is 1. The quantitative estimate of drug-likeness (QED) is 0.847. The van der Waals surface area contributed by atoms with E-state index in [1.54, 1.807) is 6.20 Å². The van der Waals surface area contributed by atoms with E-state index in [0.29, 0.717) is 12.0 Å². The number of aryl methyl sites for hydroxylation is 2. The monoisotopic (exact) mass is 221 g/mol. The van der Waals surface area contributed by atoms with Gasteiger partial charge in [0.25, 0.3) is 0 Å². The fourth-order valence-electron chi connectivity index (χ4n) is 1.91. The Bertz CT molecular complexity index is 361. The molecule has 88 valence electrons. The van der Waals surface area contributed by atoms with Crippen LogP contribution in [0.4, 0.5) is 5.82 Å². The van der Waals surface area contributed by atoms with Crippen LogP contribution in [0.3, 0.4) is 0 Å². The molecule has 0 aromatic carbocycles. The Balaban J connectivity index is 1.99. The number of nitrogens with zero attached hydrogens (tertiary/aromatic N) is 2. The largest absolute Gasteiger partial charge is 0.381 e. The summed E-state index contributed by atoms with van der Waals surface area (Å²) in [5.41, 5.74) is 1.97. The van der Waals surface area contributed by atoms with Gasteiger partial charge in [0.05, 0.1) is 24.2 Å². The van der Waals surface area contributed by atoms with E-state index in [1.165, 1.54) is 0 Å². The fraction of sp³-hybridized carbons (Fsp3) is 0.667. The van der Waals surface area contributed by atoms with Crippen LogP contribution in [-0.4, -0.2) is 29.2 Å². The predicted octanol–water partition coefficient (Wildman–Crippen LogP) is 1.93. The van der Waals surface area contributed by atoms with Gasteiger partial charge in [-0.05, 0) is 27.2 Å². The molecule has 1 aliphatic rings. The molecule has 1 fully saturated rings. The van der Waals surface area contributed by atoms with Crippen molar-refractivity contribution < 1.29 is 4.74 Å². The van der Waals surface area contributed by atoms with Crippen molar-refractivity contribution >= 4 is 5.82 Å². The predicted molar refractivity (Wildman–Crippen MR) is 63.5 cm³/mol. The van der Waals surface area contributed by atoms with Crippen LogP contribution in [0.5, 0.6) is 0 Å². The summed E-state index contributed by atoms with van der Waals surface area (Å²) in [6, 6.07) is 0.388. The number of hydrogen-bond acceptors (Lipinski definition) is 4. The lowest BCUT2D eigenvalue weighted by Crippen LogP contribution is -2.26. The Morgan fingerprint density at radius 2 is 2.25 bits per heavy atom. The summed E-state index contributed by atoms with van der Waals surface area (Å²) in [6.07, 6.45) is 2.93. The van der Waals surface area contributed by atoms with E-state index < -0.39 is 0 Å². The molecule has 2 atom stereocenters. The molecule has 4 nitrogen and oxygen atoms in total. The molecule has 0 amide bonds. The number of ether oxygens (including phenoxy) is 1. The molecular weight excluding hydrogens is 202 g/mol. The number of anilines is 1. The van der Waals surface area contributed by atoms with Crippen molar-refractivity contribution in [3.05, 3.63) is 17.6 Å². The molecule has 1 N–H and O–H groups in total. The molecule has 2 unspecified atom stereocenters. The Morgan fingerprint density at radius 3 is 2.88 bits per heavy atom. The van der Waals surface area contributed by atoms with Crippen LogP contribution >= 0.6 is 0 Å². The minimum Gasteiger partial charge on any atom is -0.381 e. The van der Waals surface area contributed by atoms with Gasteiger partial charge in [0.15, 0.2) is 0 Å². The standard InChI is InChI=1S/C12H19N3O/c1-8-9(2)14-12(6-13-8)15-10(3)11-4-5-16-7-11/h6,10-11H,4-5,7H2,1-3H3,(H,14,15). The van der Waals surface area contributed by atoms with Gasteiger partial charge in [-0.1, -0.05) is 0 Å². The second-order valence-corrected chi connectivity index (χ2v) is 4.48. The number of aromatic nitrogens is 2. The maximum atomic E-state index is 5.38. The summed E-state index contributed by atoms with van der Waals surface area (Å²) in [7, 11) is 0. The zero-order valence-electron chi connectivity index (χ0n) is 10.2. The first kappa shape index (κ1) is 11.3. The van der Waals surface area contributed by atoms with Gasteiger partial charge in [-0.3, -0.25) is 4.98 Å². The maximum absolute atomic E-state index is 5.38. The third-order valence-corrected chi connectivity index (χ3v) is 3.24. The average molecular weight is 221 g/mol. The highest BCUT2D eigenvalue weighted by molar-refractivity contribution is 5.34. The summed E-state index contributed by atoms with van der Waals surface area (Å²) < 4.78 is 5.38. The van der Waals surface area contributed by atoms with Crippen molar-refractivity contribution in [3.8, 4) is 0 Å². The van der Waals surface area contributed by atoms with Gasteiger partial charge in [-0.2, -0.15) is 0 Å². The van der Waals surface area contributed by atoms with E-state index in [-0.39, 0.29) is 0 Å². The van der Waals surface area contributed by atoms with Crippen molar-refractivity contribution in [2.24, 2.45) is 5.92 Å². The van der Waals surface area contributed by atoms with Gasteiger partial charge in [0.1, 0.15) is 5.82 Å². The summed E-state index contributed by atoms with van der Waals surface area (Å²) in [4.78, 5) is 8.77. The Hall–Kier alpha value is -1.16. The van der Waals surface area contributed by atoms with Gasteiger partial charge in [0.2, 0.25) is 0 Å². The van der Waals surface area contributed by atoms with Crippen molar-refractivity contribution in [3.63, 3.8) is 0 Å². The fourth-order valence-corrected chi connectivity index (χ4v) is 1.91. The average Bonchev–Trinajstić information content (AvgIpc) is 2.77. The zero-order chi connectivity index (χ0) is 11.5. The normalized spacial score (nSPS) is 22.1. The maximum Gasteiger partial charge on any atom is 0.145 e. The van der Waals surface area contributed by atoms with Gasteiger partial charge >= 0.3 is 0 Å². The molecule has 4 heteroatoms.